The molecule has 0 saturated heterocycles. The van der Waals surface area contributed by atoms with Gasteiger partial charge in [0.05, 0.1) is 6.61 Å². The van der Waals surface area contributed by atoms with E-state index >= 15 is 0 Å². The Kier molecular flexibility index (Phi) is 44.5. The van der Waals surface area contributed by atoms with Crippen LogP contribution in [0.3, 0.4) is 0 Å². The fourth-order valence-corrected chi connectivity index (χ4v) is 2.55. The summed E-state index contributed by atoms with van der Waals surface area (Å²) in [4.78, 5) is 0. The molecule has 0 fully saturated rings. The van der Waals surface area contributed by atoms with E-state index in [0.29, 0.717) is 12.4 Å². The maximum absolute atomic E-state index is 13.6. The molecule has 1 aromatic rings. The molecule has 0 aliphatic carbocycles. The number of unbranched alkanes of at least 4 members (excludes halogenated alkanes) is 9. The molecule has 1 aromatic carbocycles. The molecule has 0 radical (unpaired) electrons. The Morgan fingerprint density at radius 1 is 0.800 bits per heavy atom. The second-order valence-corrected chi connectivity index (χ2v) is 6.67. The third-order valence-corrected chi connectivity index (χ3v) is 3.94. The number of benzene rings is 1. The van der Waals surface area contributed by atoms with Crippen LogP contribution in [0.5, 0.6) is 11.5 Å². The molecule has 0 spiro atoms. The Labute approximate surface area is 220 Å². The average Bonchev–Trinajstić information content (AvgIpc) is 2.85. The summed E-state index contributed by atoms with van der Waals surface area (Å²) < 4.78 is 86.3. The average molecular weight is 600 g/mol. The van der Waals surface area contributed by atoms with Gasteiger partial charge in [-0.15, -0.1) is 0 Å². The minimum atomic E-state index is -2.31. The van der Waals surface area contributed by atoms with Gasteiger partial charge in [-0.05, 0) is 18.6 Å². The van der Waals surface area contributed by atoms with E-state index in [1.165, 1.54) is 63.5 Å². The quantitative estimate of drug-likeness (QED) is 0.129. The van der Waals surface area contributed by atoms with Crippen LogP contribution in [0.4, 0.5) is 26.8 Å². The Balaban J connectivity index is -0.000000416. The van der Waals surface area contributed by atoms with Gasteiger partial charge in [-0.25, -0.2) is 4.39 Å². The zero-order valence-electron chi connectivity index (χ0n) is 20.3. The van der Waals surface area contributed by atoms with E-state index in [2.05, 4.69) is 11.7 Å². The summed E-state index contributed by atoms with van der Waals surface area (Å²) in [5.41, 5.74) is 0. The van der Waals surface area contributed by atoms with Crippen molar-refractivity contribution in [1.82, 2.24) is 0 Å². The van der Waals surface area contributed by atoms with Gasteiger partial charge in [-0.3, -0.25) is 0 Å². The molecular weight excluding hydrogens is 563 g/mol. The SMILES string of the molecule is CCCCCCCCCCCCOc1ccc(OC=C(F)F)c(F)c1.CO.CO.[F][V][F].[F][V][F]. The van der Waals surface area contributed by atoms with Gasteiger partial charge in [-0.1, -0.05) is 64.7 Å². The number of hydrogen-bond donors (Lipinski definition) is 2. The van der Waals surface area contributed by atoms with Crippen molar-refractivity contribution in [2.45, 2.75) is 71.1 Å². The number of aliphatic hydroxyl groups excluding tert-OH is 2. The molecule has 13 heteroatoms. The van der Waals surface area contributed by atoms with E-state index in [-0.39, 0.29) is 12.0 Å². The van der Waals surface area contributed by atoms with E-state index in [1.54, 1.807) is 0 Å². The van der Waals surface area contributed by atoms with Crippen molar-refractivity contribution in [3.8, 4) is 11.5 Å². The van der Waals surface area contributed by atoms with Crippen LogP contribution in [0.1, 0.15) is 71.1 Å². The van der Waals surface area contributed by atoms with Crippen LogP contribution >= 0.6 is 0 Å². The summed E-state index contributed by atoms with van der Waals surface area (Å²) in [5.74, 6) is -0.595. The fraction of sp³-hybridized carbons (Fsp3) is 0.636. The zero-order valence-corrected chi connectivity index (χ0v) is 23.1. The first-order chi connectivity index (χ1) is 17.0. The molecule has 0 aliphatic heterocycles. The summed E-state index contributed by atoms with van der Waals surface area (Å²) in [6.07, 6.45) is 10.6. The van der Waals surface area contributed by atoms with E-state index in [4.69, 9.17) is 14.9 Å². The molecule has 0 bridgehead atoms. The Morgan fingerprint density at radius 3 is 1.63 bits per heavy atom. The Bertz CT molecular complexity index is 555. The van der Waals surface area contributed by atoms with Gasteiger partial charge in [0.1, 0.15) is 5.75 Å². The van der Waals surface area contributed by atoms with Crippen molar-refractivity contribution in [1.29, 1.82) is 0 Å². The van der Waals surface area contributed by atoms with Gasteiger partial charge in [0.25, 0.3) is 0 Å². The normalized spacial score (nSPS) is 8.69. The van der Waals surface area contributed by atoms with Crippen molar-refractivity contribution < 1.29 is 81.0 Å². The molecule has 208 valence electrons. The molecule has 0 heterocycles. The summed E-state index contributed by atoms with van der Waals surface area (Å²) in [6, 6.07) is 3.94. The molecule has 2 N–H and O–H groups in total. The number of aliphatic hydroxyl groups is 2. The first kappa shape index (κ1) is 41.3. The molecule has 0 amide bonds. The third kappa shape index (κ3) is 35.4. The van der Waals surface area contributed by atoms with Crippen molar-refractivity contribution >= 4 is 0 Å². The molecular formula is C22H37F7O4V2. The summed E-state index contributed by atoms with van der Waals surface area (Å²) in [6.45, 7) is 2.75. The van der Waals surface area contributed by atoms with E-state index in [0.717, 1.165) is 33.1 Å². The van der Waals surface area contributed by atoms with Crippen LogP contribution in [0.2, 0.25) is 0 Å². The monoisotopic (exact) mass is 600 g/mol. The van der Waals surface area contributed by atoms with E-state index in [9.17, 15) is 26.8 Å². The van der Waals surface area contributed by atoms with Crippen LogP contribution < -0.4 is 9.47 Å². The van der Waals surface area contributed by atoms with Gasteiger partial charge >= 0.3 is 54.2 Å². The molecule has 0 saturated carbocycles. The van der Waals surface area contributed by atoms with E-state index < -0.39 is 46.4 Å². The number of ether oxygens (including phenoxy) is 2. The number of halogens is 7. The molecule has 0 atom stereocenters. The summed E-state index contributed by atoms with van der Waals surface area (Å²) in [7, 11) is 2.00. The van der Waals surface area contributed by atoms with Crippen LogP contribution in [-0.2, 0) is 34.5 Å². The van der Waals surface area contributed by atoms with Gasteiger partial charge < -0.3 is 19.7 Å². The minimum absolute atomic E-state index is 0.211. The Hall–Kier alpha value is -0.841. The van der Waals surface area contributed by atoms with Gasteiger partial charge in [0.15, 0.2) is 17.8 Å². The molecule has 4 nitrogen and oxygen atoms in total. The van der Waals surface area contributed by atoms with Gasteiger partial charge in [-0.2, -0.15) is 8.78 Å². The first-order valence-electron chi connectivity index (χ1n) is 10.8. The van der Waals surface area contributed by atoms with Crippen molar-refractivity contribution in [3.05, 3.63) is 36.4 Å². The predicted molar refractivity (Wildman–Crippen MR) is 115 cm³/mol. The molecule has 1 rings (SSSR count). The van der Waals surface area contributed by atoms with Crippen molar-refractivity contribution in [2.24, 2.45) is 0 Å². The number of rotatable bonds is 14. The van der Waals surface area contributed by atoms with Crippen molar-refractivity contribution in [3.63, 3.8) is 0 Å². The Morgan fingerprint density at radius 2 is 1.23 bits per heavy atom. The van der Waals surface area contributed by atoms with Gasteiger partial charge in [0, 0.05) is 20.3 Å². The van der Waals surface area contributed by atoms with Gasteiger partial charge in [0.2, 0.25) is 0 Å². The van der Waals surface area contributed by atoms with Crippen LogP contribution in [-0.4, -0.2) is 31.0 Å². The first-order valence-corrected chi connectivity index (χ1v) is 12.9. The van der Waals surface area contributed by atoms with Crippen LogP contribution in [0, 0.1) is 5.82 Å². The molecule has 0 unspecified atom stereocenters. The molecule has 35 heavy (non-hydrogen) atoms. The zero-order chi connectivity index (χ0) is 27.7. The third-order valence-electron chi connectivity index (χ3n) is 3.94. The molecule has 0 aromatic heterocycles. The molecule has 0 aliphatic rings. The summed E-state index contributed by atoms with van der Waals surface area (Å²) >= 11 is -4.62. The maximum atomic E-state index is 13.6. The predicted octanol–water partition coefficient (Wildman–Crippen LogP) is 8.13. The van der Waals surface area contributed by atoms with Crippen molar-refractivity contribution in [2.75, 3.05) is 20.8 Å². The van der Waals surface area contributed by atoms with Crippen LogP contribution in [0.15, 0.2) is 30.5 Å². The number of hydrogen-bond acceptors (Lipinski definition) is 4. The second-order valence-electron chi connectivity index (χ2n) is 6.28. The standard InChI is InChI=1S/C20H29F3O2.2CH4O.4FH.2V/c1-2-3-4-5-6-7-8-9-10-11-14-24-17-12-13-19(18(21)15-17)25-16-20(22)23;2*1-2;;;;;;/h12-13,15-16H,2-11,14H2,1H3;2*2H,1H3;4*1H;;/q;;;;;;;2*+2/p-4. The topological polar surface area (TPSA) is 58.9 Å². The van der Waals surface area contributed by atoms with E-state index in [1.807, 2.05) is 0 Å². The van der Waals surface area contributed by atoms with Crippen LogP contribution in [0.25, 0.3) is 0 Å². The fourth-order valence-electron chi connectivity index (χ4n) is 2.55. The second kappa shape index (κ2) is 37.7. The summed E-state index contributed by atoms with van der Waals surface area (Å²) in [5, 5.41) is 14.0.